The molecule has 116 valence electrons. The van der Waals surface area contributed by atoms with Crippen molar-refractivity contribution in [3.63, 3.8) is 0 Å². The molecule has 2 aromatic rings. The summed E-state index contributed by atoms with van der Waals surface area (Å²) in [5, 5.41) is 2.91. The van der Waals surface area contributed by atoms with Crippen LogP contribution in [0.25, 0.3) is 0 Å². The Bertz CT molecular complexity index is 621. The molecular formula is C17H19BrN2O2. The van der Waals surface area contributed by atoms with Crippen molar-refractivity contribution in [2.45, 2.75) is 32.4 Å². The minimum Gasteiger partial charge on any atom is -0.444 e. The van der Waals surface area contributed by atoms with Gasteiger partial charge in [0.05, 0.1) is 6.04 Å². The second-order valence-corrected chi connectivity index (χ2v) is 6.72. The highest BCUT2D eigenvalue weighted by Crippen LogP contribution is 2.23. The molecular weight excluding hydrogens is 344 g/mol. The highest BCUT2D eigenvalue weighted by Gasteiger charge is 2.21. The second-order valence-electron chi connectivity index (χ2n) is 5.90. The predicted octanol–water partition coefficient (Wildman–Crippen LogP) is 4.46. The number of nitrogens with one attached hydrogen (secondary N) is 1. The van der Waals surface area contributed by atoms with Gasteiger partial charge >= 0.3 is 6.09 Å². The minimum atomic E-state index is -0.538. The van der Waals surface area contributed by atoms with Gasteiger partial charge in [0.1, 0.15) is 10.2 Å². The summed E-state index contributed by atoms with van der Waals surface area (Å²) in [6, 6.07) is 13.2. The predicted molar refractivity (Wildman–Crippen MR) is 89.6 cm³/mol. The van der Waals surface area contributed by atoms with Crippen molar-refractivity contribution in [2.24, 2.45) is 0 Å². The van der Waals surface area contributed by atoms with Crippen LogP contribution in [0.2, 0.25) is 0 Å². The van der Waals surface area contributed by atoms with Crippen LogP contribution < -0.4 is 5.32 Å². The number of halogens is 1. The third kappa shape index (κ3) is 4.84. The molecule has 1 heterocycles. The number of pyridine rings is 1. The summed E-state index contributed by atoms with van der Waals surface area (Å²) in [5.41, 5.74) is 1.32. The van der Waals surface area contributed by atoms with Crippen LogP contribution in [0, 0.1) is 0 Å². The highest BCUT2D eigenvalue weighted by molar-refractivity contribution is 9.10. The molecule has 1 N–H and O–H groups in total. The average Bonchev–Trinajstić information content (AvgIpc) is 2.45. The monoisotopic (exact) mass is 362 g/mol. The summed E-state index contributed by atoms with van der Waals surface area (Å²) in [7, 11) is 0. The number of alkyl carbamates (subject to hydrolysis) is 1. The van der Waals surface area contributed by atoms with Crippen molar-refractivity contribution in [1.82, 2.24) is 10.3 Å². The maximum Gasteiger partial charge on any atom is 0.408 e. The maximum absolute atomic E-state index is 12.1. The average molecular weight is 363 g/mol. The van der Waals surface area contributed by atoms with Crippen LogP contribution in [0.1, 0.15) is 37.9 Å². The third-order valence-electron chi connectivity index (χ3n) is 2.88. The number of carbonyl (C=O) groups excluding carboxylic acids is 1. The minimum absolute atomic E-state index is 0.309. The number of amides is 1. The molecule has 5 heteroatoms. The van der Waals surface area contributed by atoms with Gasteiger partial charge in [-0.3, -0.25) is 0 Å². The van der Waals surface area contributed by atoms with Crippen molar-refractivity contribution >= 4 is 22.0 Å². The van der Waals surface area contributed by atoms with E-state index in [1.165, 1.54) is 0 Å². The first kappa shape index (κ1) is 16.5. The van der Waals surface area contributed by atoms with E-state index in [9.17, 15) is 4.79 Å². The molecule has 22 heavy (non-hydrogen) atoms. The lowest BCUT2D eigenvalue weighted by molar-refractivity contribution is 0.0512. The van der Waals surface area contributed by atoms with Crippen molar-refractivity contribution < 1.29 is 9.53 Å². The number of benzene rings is 1. The third-order valence-corrected chi connectivity index (χ3v) is 3.35. The fourth-order valence-electron chi connectivity index (χ4n) is 1.99. The molecule has 2 rings (SSSR count). The zero-order valence-corrected chi connectivity index (χ0v) is 14.4. The summed E-state index contributed by atoms with van der Waals surface area (Å²) in [6.07, 6.45) is 1.28. The Morgan fingerprint density at radius 2 is 1.82 bits per heavy atom. The summed E-state index contributed by atoms with van der Waals surface area (Å²) in [5.74, 6) is 0. The van der Waals surface area contributed by atoms with Crippen molar-refractivity contribution in [3.05, 3.63) is 64.4 Å². The van der Waals surface area contributed by atoms with Crippen molar-refractivity contribution in [1.29, 1.82) is 0 Å². The lowest BCUT2D eigenvalue weighted by Gasteiger charge is -2.24. The lowest BCUT2D eigenvalue weighted by Crippen LogP contribution is -2.35. The smallest absolute Gasteiger partial charge is 0.408 e. The van der Waals surface area contributed by atoms with Gasteiger partial charge in [0.25, 0.3) is 0 Å². The molecule has 0 saturated heterocycles. The topological polar surface area (TPSA) is 51.2 Å². The van der Waals surface area contributed by atoms with Gasteiger partial charge in [-0.05, 0) is 53.9 Å². The first-order valence-corrected chi connectivity index (χ1v) is 7.80. The zero-order chi connectivity index (χ0) is 16.2. The van der Waals surface area contributed by atoms with E-state index in [1.807, 2.05) is 63.2 Å². The standard InChI is InChI=1S/C17H19BrN2O2/c1-17(2,3)22-16(21)20-15(12-7-5-4-6-8-12)13-9-10-14(18)19-11-13/h4-11,15H,1-3H3,(H,20,21). The van der Waals surface area contributed by atoms with Gasteiger partial charge in [-0.15, -0.1) is 0 Å². The normalized spacial score (nSPS) is 12.5. The van der Waals surface area contributed by atoms with E-state index in [0.29, 0.717) is 0 Å². The van der Waals surface area contributed by atoms with E-state index in [2.05, 4.69) is 26.2 Å². The number of carbonyl (C=O) groups is 1. The van der Waals surface area contributed by atoms with E-state index in [-0.39, 0.29) is 6.04 Å². The van der Waals surface area contributed by atoms with Crippen LogP contribution in [0.3, 0.4) is 0 Å². The van der Waals surface area contributed by atoms with Gasteiger partial charge in [0, 0.05) is 6.20 Å². The first-order valence-electron chi connectivity index (χ1n) is 7.01. The Morgan fingerprint density at radius 1 is 1.14 bits per heavy atom. The van der Waals surface area contributed by atoms with E-state index in [4.69, 9.17) is 4.74 Å². The Morgan fingerprint density at radius 3 is 2.36 bits per heavy atom. The van der Waals surface area contributed by atoms with Gasteiger partial charge < -0.3 is 10.1 Å². The van der Waals surface area contributed by atoms with Crippen LogP contribution in [0.5, 0.6) is 0 Å². The van der Waals surface area contributed by atoms with Crippen molar-refractivity contribution in [3.8, 4) is 0 Å². The number of nitrogens with zero attached hydrogens (tertiary/aromatic N) is 1. The largest absolute Gasteiger partial charge is 0.444 e. The van der Waals surface area contributed by atoms with E-state index < -0.39 is 11.7 Å². The molecule has 0 aliphatic rings. The number of aromatic nitrogens is 1. The molecule has 1 amide bonds. The van der Waals surface area contributed by atoms with E-state index in [1.54, 1.807) is 6.20 Å². The molecule has 0 spiro atoms. The van der Waals surface area contributed by atoms with Crippen LogP contribution in [0.4, 0.5) is 4.79 Å². The van der Waals surface area contributed by atoms with E-state index >= 15 is 0 Å². The van der Waals surface area contributed by atoms with Crippen LogP contribution in [-0.2, 0) is 4.74 Å². The molecule has 0 saturated carbocycles. The molecule has 1 unspecified atom stereocenters. The first-order chi connectivity index (χ1) is 10.3. The molecule has 0 fully saturated rings. The number of hydrogen-bond acceptors (Lipinski definition) is 3. The maximum atomic E-state index is 12.1. The fourth-order valence-corrected chi connectivity index (χ4v) is 2.22. The van der Waals surface area contributed by atoms with Gasteiger partial charge in [-0.2, -0.15) is 0 Å². The van der Waals surface area contributed by atoms with Crippen molar-refractivity contribution in [2.75, 3.05) is 0 Å². The van der Waals surface area contributed by atoms with Gasteiger partial charge in [-0.25, -0.2) is 9.78 Å². The number of hydrogen-bond donors (Lipinski definition) is 1. The zero-order valence-electron chi connectivity index (χ0n) is 12.8. The molecule has 0 bridgehead atoms. The molecule has 1 aromatic heterocycles. The highest BCUT2D eigenvalue weighted by atomic mass is 79.9. The van der Waals surface area contributed by atoms with Gasteiger partial charge in [0.2, 0.25) is 0 Å². The molecule has 0 aliphatic heterocycles. The fraction of sp³-hybridized carbons (Fsp3) is 0.294. The van der Waals surface area contributed by atoms with Gasteiger partial charge in [0.15, 0.2) is 0 Å². The molecule has 0 radical (unpaired) electrons. The Hall–Kier alpha value is -1.88. The van der Waals surface area contributed by atoms with E-state index in [0.717, 1.165) is 15.7 Å². The number of rotatable bonds is 3. The Balaban J connectivity index is 2.26. The molecule has 4 nitrogen and oxygen atoms in total. The Kier molecular flexibility index (Phi) is 5.19. The molecule has 1 atom stereocenters. The SMILES string of the molecule is CC(C)(C)OC(=O)NC(c1ccccc1)c1ccc(Br)nc1. The van der Waals surface area contributed by atoms with Crippen LogP contribution >= 0.6 is 15.9 Å². The van der Waals surface area contributed by atoms with Gasteiger partial charge in [-0.1, -0.05) is 36.4 Å². The second kappa shape index (κ2) is 6.92. The lowest BCUT2D eigenvalue weighted by atomic mass is 10.0. The summed E-state index contributed by atoms with van der Waals surface area (Å²) < 4.78 is 6.11. The molecule has 0 aliphatic carbocycles. The van der Waals surface area contributed by atoms with Crippen LogP contribution in [0.15, 0.2) is 53.3 Å². The summed E-state index contributed by atoms with van der Waals surface area (Å²) in [6.45, 7) is 5.52. The molecule has 1 aromatic carbocycles. The summed E-state index contributed by atoms with van der Waals surface area (Å²) >= 11 is 3.32. The van der Waals surface area contributed by atoms with Crippen LogP contribution in [-0.4, -0.2) is 16.7 Å². The quantitative estimate of drug-likeness (QED) is 0.820. The summed E-state index contributed by atoms with van der Waals surface area (Å²) in [4.78, 5) is 16.4. The number of ether oxygens (including phenoxy) is 1. The Labute approximate surface area is 139 Å².